The third-order valence-electron chi connectivity index (χ3n) is 6.21. The predicted octanol–water partition coefficient (Wildman–Crippen LogP) is 5.55. The van der Waals surface area contributed by atoms with Gasteiger partial charge < -0.3 is 14.8 Å². The number of hydrogen-bond donors (Lipinski definition) is 2. The molecule has 2 aromatic carbocycles. The Morgan fingerprint density at radius 1 is 1.12 bits per heavy atom. The second-order valence-electron chi connectivity index (χ2n) is 9.00. The highest BCUT2D eigenvalue weighted by Gasteiger charge is 2.32. The molecule has 0 saturated carbocycles. The normalized spacial score (nSPS) is 15.2. The molecule has 1 aliphatic heterocycles. The summed E-state index contributed by atoms with van der Waals surface area (Å²) in [5, 5.41) is 4.44. The topological polar surface area (TPSA) is 89.5 Å². The molecule has 0 radical (unpaired) electrons. The summed E-state index contributed by atoms with van der Waals surface area (Å²) in [4.78, 5) is 5.75. The Bertz CT molecular complexity index is 1230. The molecule has 0 spiro atoms. The fourth-order valence-electron chi connectivity index (χ4n) is 4.26. The van der Waals surface area contributed by atoms with E-state index < -0.39 is 10.0 Å². The van der Waals surface area contributed by atoms with E-state index in [0.29, 0.717) is 11.6 Å². The summed E-state index contributed by atoms with van der Waals surface area (Å²) in [6, 6.07) is 14.0. The predicted molar refractivity (Wildman–Crippen MR) is 137 cm³/mol. The van der Waals surface area contributed by atoms with Crippen LogP contribution in [0.1, 0.15) is 32.4 Å². The number of methoxy groups -OCH3 is 1. The van der Waals surface area contributed by atoms with Gasteiger partial charge in [-0.2, -0.15) is 0 Å². The lowest BCUT2D eigenvalue weighted by molar-refractivity contribution is 0.0491. The maximum atomic E-state index is 13.2. The standard InChI is InChI=1S/C25H31N3O4S2/c1-17-23(33-24(26-17)27-25(2,3)19-12-14-32-15-13-19)18-10-11-21(31-4)22(16-18)34(29,30)28-20-8-6-5-7-9-20/h5-11,16,19,28H,12-15H2,1-4H3,(H,26,27). The molecule has 2 N–H and O–H groups in total. The van der Waals surface area contributed by atoms with Crippen LogP contribution in [-0.2, 0) is 14.8 Å². The molecule has 3 aromatic rings. The molecule has 2 heterocycles. The zero-order valence-electron chi connectivity index (χ0n) is 19.9. The number of rotatable bonds is 8. The summed E-state index contributed by atoms with van der Waals surface area (Å²) in [6.07, 6.45) is 2.04. The first-order valence-electron chi connectivity index (χ1n) is 11.3. The molecule has 7 nitrogen and oxygen atoms in total. The van der Waals surface area contributed by atoms with Crippen molar-refractivity contribution in [3.8, 4) is 16.2 Å². The van der Waals surface area contributed by atoms with E-state index in [0.717, 1.165) is 47.3 Å². The molecule has 0 aliphatic carbocycles. The smallest absolute Gasteiger partial charge is 0.265 e. The molecular weight excluding hydrogens is 470 g/mol. The molecule has 182 valence electrons. The van der Waals surface area contributed by atoms with Gasteiger partial charge in [-0.05, 0) is 75.4 Å². The SMILES string of the molecule is COc1ccc(-c2sc(NC(C)(C)C3CCOCC3)nc2C)cc1S(=O)(=O)Nc1ccccc1. The maximum Gasteiger partial charge on any atom is 0.265 e. The highest BCUT2D eigenvalue weighted by atomic mass is 32.2. The number of nitrogens with zero attached hydrogens (tertiary/aromatic N) is 1. The van der Waals surface area contributed by atoms with E-state index >= 15 is 0 Å². The van der Waals surface area contributed by atoms with E-state index in [-0.39, 0.29) is 16.2 Å². The quantitative estimate of drug-likeness (QED) is 0.421. The fraction of sp³-hybridized carbons (Fsp3) is 0.400. The Hall–Kier alpha value is -2.62. The molecule has 1 saturated heterocycles. The minimum Gasteiger partial charge on any atom is -0.495 e. The molecule has 0 atom stereocenters. The van der Waals surface area contributed by atoms with Crippen LogP contribution < -0.4 is 14.8 Å². The zero-order chi connectivity index (χ0) is 24.3. The van der Waals surface area contributed by atoms with Gasteiger partial charge in [-0.25, -0.2) is 13.4 Å². The second kappa shape index (κ2) is 9.93. The molecule has 4 rings (SSSR count). The molecule has 9 heteroatoms. The summed E-state index contributed by atoms with van der Waals surface area (Å²) in [6.45, 7) is 7.93. The Labute approximate surface area is 205 Å². The van der Waals surface area contributed by atoms with E-state index in [1.807, 2.05) is 19.1 Å². The van der Waals surface area contributed by atoms with E-state index in [1.54, 1.807) is 36.4 Å². The first-order chi connectivity index (χ1) is 16.2. The number of anilines is 2. The van der Waals surface area contributed by atoms with Crippen LogP contribution in [0.2, 0.25) is 0 Å². The minimum absolute atomic E-state index is 0.0844. The Balaban J connectivity index is 1.63. The van der Waals surface area contributed by atoms with Crippen molar-refractivity contribution in [3.63, 3.8) is 0 Å². The zero-order valence-corrected chi connectivity index (χ0v) is 21.6. The number of ether oxygens (including phenoxy) is 2. The van der Waals surface area contributed by atoms with Crippen molar-refractivity contribution in [3.05, 3.63) is 54.2 Å². The van der Waals surface area contributed by atoms with Gasteiger partial charge in [0.2, 0.25) is 0 Å². The Morgan fingerprint density at radius 2 is 1.82 bits per heavy atom. The highest BCUT2D eigenvalue weighted by molar-refractivity contribution is 7.92. The molecule has 1 aromatic heterocycles. The van der Waals surface area contributed by atoms with E-state index in [2.05, 4.69) is 23.9 Å². The number of thiazole rings is 1. The fourth-order valence-corrected chi connectivity index (χ4v) is 6.64. The van der Waals surface area contributed by atoms with Crippen molar-refractivity contribution in [2.75, 3.05) is 30.4 Å². The van der Waals surface area contributed by atoms with Crippen LogP contribution in [0, 0.1) is 12.8 Å². The van der Waals surface area contributed by atoms with Crippen LogP contribution in [0.3, 0.4) is 0 Å². The van der Waals surface area contributed by atoms with Crippen LogP contribution >= 0.6 is 11.3 Å². The van der Waals surface area contributed by atoms with E-state index in [4.69, 9.17) is 14.5 Å². The van der Waals surface area contributed by atoms with Crippen molar-refractivity contribution in [2.24, 2.45) is 5.92 Å². The Morgan fingerprint density at radius 3 is 2.50 bits per heavy atom. The van der Waals surface area contributed by atoms with Crippen LogP contribution in [0.15, 0.2) is 53.4 Å². The third kappa shape index (κ3) is 5.37. The number of hydrogen-bond acceptors (Lipinski definition) is 7. The number of aromatic nitrogens is 1. The largest absolute Gasteiger partial charge is 0.495 e. The van der Waals surface area contributed by atoms with Gasteiger partial charge in [0.1, 0.15) is 10.6 Å². The van der Waals surface area contributed by atoms with Crippen molar-refractivity contribution in [1.29, 1.82) is 0 Å². The van der Waals surface area contributed by atoms with Gasteiger partial charge in [-0.15, -0.1) is 0 Å². The van der Waals surface area contributed by atoms with Crippen LogP contribution in [-0.4, -0.2) is 39.3 Å². The third-order valence-corrected chi connectivity index (χ3v) is 8.73. The van der Waals surface area contributed by atoms with Gasteiger partial charge in [-0.1, -0.05) is 29.5 Å². The van der Waals surface area contributed by atoms with E-state index in [9.17, 15) is 8.42 Å². The average Bonchev–Trinajstić information content (AvgIpc) is 3.18. The van der Waals surface area contributed by atoms with Crippen molar-refractivity contribution < 1.29 is 17.9 Å². The average molecular weight is 502 g/mol. The number of aryl methyl sites for hydroxylation is 1. The molecule has 0 bridgehead atoms. The van der Waals surface area contributed by atoms with Gasteiger partial charge in [0, 0.05) is 24.4 Å². The van der Waals surface area contributed by atoms with Crippen molar-refractivity contribution >= 4 is 32.2 Å². The van der Waals surface area contributed by atoms with Crippen LogP contribution in [0.5, 0.6) is 5.75 Å². The first-order valence-corrected chi connectivity index (χ1v) is 13.6. The molecule has 0 amide bonds. The molecular formula is C25H31N3O4S2. The van der Waals surface area contributed by atoms with Gasteiger partial charge in [0.25, 0.3) is 10.0 Å². The summed E-state index contributed by atoms with van der Waals surface area (Å²) in [5.74, 6) is 0.782. The second-order valence-corrected chi connectivity index (χ2v) is 11.7. The monoisotopic (exact) mass is 501 g/mol. The molecule has 34 heavy (non-hydrogen) atoms. The van der Waals surface area contributed by atoms with Gasteiger partial charge in [0.05, 0.1) is 17.7 Å². The number of nitrogens with one attached hydrogen (secondary N) is 2. The van der Waals surface area contributed by atoms with Gasteiger partial charge >= 0.3 is 0 Å². The van der Waals surface area contributed by atoms with E-state index in [1.165, 1.54) is 18.4 Å². The molecule has 0 unspecified atom stereocenters. The summed E-state index contributed by atoms with van der Waals surface area (Å²) in [7, 11) is -2.39. The van der Waals surface area contributed by atoms with Crippen LogP contribution in [0.4, 0.5) is 10.8 Å². The van der Waals surface area contributed by atoms with Crippen molar-refractivity contribution in [1.82, 2.24) is 4.98 Å². The Kier molecular flexibility index (Phi) is 7.16. The minimum atomic E-state index is -3.85. The summed E-state index contributed by atoms with van der Waals surface area (Å²) in [5.41, 5.74) is 1.99. The van der Waals surface area contributed by atoms with Gasteiger partial charge in [-0.3, -0.25) is 4.72 Å². The summed E-state index contributed by atoms with van der Waals surface area (Å²) < 4.78 is 39.9. The number of para-hydroxylation sites is 1. The molecule has 1 aliphatic rings. The van der Waals surface area contributed by atoms with Gasteiger partial charge in [0.15, 0.2) is 5.13 Å². The first kappa shape index (κ1) is 24.5. The number of benzene rings is 2. The lowest BCUT2D eigenvalue weighted by atomic mass is 9.82. The van der Waals surface area contributed by atoms with Crippen LogP contribution in [0.25, 0.3) is 10.4 Å². The number of sulfonamides is 1. The lowest BCUT2D eigenvalue weighted by Gasteiger charge is -2.37. The summed E-state index contributed by atoms with van der Waals surface area (Å²) >= 11 is 1.53. The van der Waals surface area contributed by atoms with Crippen molar-refractivity contribution in [2.45, 2.75) is 44.0 Å². The lowest BCUT2D eigenvalue weighted by Crippen LogP contribution is -2.42. The molecule has 1 fully saturated rings. The maximum absolute atomic E-state index is 13.2. The highest BCUT2D eigenvalue weighted by Crippen LogP contribution is 2.39.